The van der Waals surface area contributed by atoms with Crippen molar-refractivity contribution in [2.24, 2.45) is 0 Å². The summed E-state index contributed by atoms with van der Waals surface area (Å²) in [5.41, 5.74) is 1.06. The van der Waals surface area contributed by atoms with Crippen molar-refractivity contribution in [2.45, 2.75) is 19.9 Å². The van der Waals surface area contributed by atoms with Crippen LogP contribution < -0.4 is 10.6 Å². The Labute approximate surface area is 162 Å². The number of rotatable bonds is 4. The van der Waals surface area contributed by atoms with Gasteiger partial charge in [0.15, 0.2) is 0 Å². The van der Waals surface area contributed by atoms with Gasteiger partial charge in [-0.15, -0.1) is 0 Å². The van der Waals surface area contributed by atoms with Gasteiger partial charge in [-0.3, -0.25) is 9.59 Å². The largest absolute Gasteiger partial charge is 0.506 e. The molecule has 0 bridgehead atoms. The van der Waals surface area contributed by atoms with Crippen molar-refractivity contribution in [3.63, 3.8) is 0 Å². The first-order chi connectivity index (χ1) is 12.8. The van der Waals surface area contributed by atoms with E-state index in [0.717, 1.165) is 10.8 Å². The normalized spacial score (nSPS) is 10.8. The number of nitrogens with one attached hydrogen (secondary N) is 2. The zero-order valence-corrected chi connectivity index (χ0v) is 15.7. The highest BCUT2D eigenvalue weighted by molar-refractivity contribution is 6.32. The molecule has 3 aromatic carbocycles. The molecule has 0 saturated heterocycles. The molecule has 3 aromatic rings. The van der Waals surface area contributed by atoms with Crippen LogP contribution in [0, 0.1) is 0 Å². The minimum atomic E-state index is -0.425. The van der Waals surface area contributed by atoms with Crippen molar-refractivity contribution < 1.29 is 14.7 Å². The van der Waals surface area contributed by atoms with Crippen molar-refractivity contribution in [3.8, 4) is 5.75 Å². The molecular weight excluding hydrogens is 364 g/mol. The molecule has 0 aliphatic rings. The van der Waals surface area contributed by atoms with Gasteiger partial charge < -0.3 is 15.7 Å². The Hall–Kier alpha value is -3.05. The molecule has 0 unspecified atom stereocenters. The minimum Gasteiger partial charge on any atom is -0.506 e. The Bertz CT molecular complexity index is 1030. The lowest BCUT2D eigenvalue weighted by Gasteiger charge is -2.15. The lowest BCUT2D eigenvalue weighted by atomic mass is 10.0. The first-order valence-electron chi connectivity index (χ1n) is 8.48. The van der Waals surface area contributed by atoms with E-state index >= 15 is 0 Å². The number of amides is 2. The maximum atomic E-state index is 12.6. The van der Waals surface area contributed by atoms with Crippen LogP contribution >= 0.6 is 11.6 Å². The van der Waals surface area contributed by atoms with Crippen molar-refractivity contribution in [2.75, 3.05) is 5.32 Å². The van der Waals surface area contributed by atoms with Gasteiger partial charge >= 0.3 is 0 Å². The summed E-state index contributed by atoms with van der Waals surface area (Å²) in [5, 5.41) is 17.0. The van der Waals surface area contributed by atoms with E-state index in [2.05, 4.69) is 10.6 Å². The standard InChI is InChI=1S/C21H19ClN2O3/c1-12(2)23-21(27)16-9-13-5-3-4-6-14(13)11-18(16)24-20(26)15-7-8-19(25)17(22)10-15/h3-12,25H,1-2H3,(H,23,27)(H,24,26). The van der Waals surface area contributed by atoms with Gasteiger partial charge in [-0.05, 0) is 55.0 Å². The third-order valence-corrected chi connectivity index (χ3v) is 4.31. The molecule has 0 aliphatic heterocycles. The molecule has 0 atom stereocenters. The molecule has 3 rings (SSSR count). The van der Waals surface area contributed by atoms with Gasteiger partial charge in [-0.1, -0.05) is 35.9 Å². The van der Waals surface area contributed by atoms with E-state index in [9.17, 15) is 14.7 Å². The van der Waals surface area contributed by atoms with E-state index in [1.165, 1.54) is 18.2 Å². The van der Waals surface area contributed by atoms with Crippen LogP contribution in [-0.4, -0.2) is 23.0 Å². The van der Waals surface area contributed by atoms with Crippen LogP contribution in [-0.2, 0) is 0 Å². The number of aromatic hydroxyl groups is 1. The Balaban J connectivity index is 2.01. The summed E-state index contributed by atoms with van der Waals surface area (Å²) in [7, 11) is 0. The van der Waals surface area contributed by atoms with Crippen molar-refractivity contribution in [1.82, 2.24) is 5.32 Å². The van der Waals surface area contributed by atoms with E-state index in [1.807, 2.05) is 38.1 Å². The highest BCUT2D eigenvalue weighted by Crippen LogP contribution is 2.27. The summed E-state index contributed by atoms with van der Waals surface area (Å²) in [5.74, 6) is -0.795. The number of carbonyl (C=O) groups excluding carboxylic acids is 2. The van der Waals surface area contributed by atoms with Gasteiger partial charge in [0, 0.05) is 11.6 Å². The molecule has 0 fully saturated rings. The van der Waals surface area contributed by atoms with Crippen LogP contribution in [0.2, 0.25) is 5.02 Å². The lowest BCUT2D eigenvalue weighted by Crippen LogP contribution is -2.31. The van der Waals surface area contributed by atoms with E-state index in [4.69, 9.17) is 11.6 Å². The second-order valence-corrected chi connectivity index (χ2v) is 6.90. The smallest absolute Gasteiger partial charge is 0.255 e. The Morgan fingerprint density at radius 2 is 1.63 bits per heavy atom. The van der Waals surface area contributed by atoms with Crippen LogP contribution in [0.25, 0.3) is 10.8 Å². The van der Waals surface area contributed by atoms with Gasteiger partial charge in [-0.25, -0.2) is 0 Å². The fourth-order valence-electron chi connectivity index (χ4n) is 2.71. The maximum absolute atomic E-state index is 12.6. The summed E-state index contributed by atoms with van der Waals surface area (Å²) < 4.78 is 0. The third kappa shape index (κ3) is 4.20. The first-order valence-corrected chi connectivity index (χ1v) is 8.86. The van der Waals surface area contributed by atoms with Crippen LogP contribution in [0.15, 0.2) is 54.6 Å². The molecule has 0 heterocycles. The van der Waals surface area contributed by atoms with Crippen molar-refractivity contribution in [1.29, 1.82) is 0 Å². The number of phenolic OH excluding ortho intramolecular Hbond substituents is 1. The van der Waals surface area contributed by atoms with Crippen molar-refractivity contribution in [3.05, 3.63) is 70.7 Å². The van der Waals surface area contributed by atoms with E-state index in [0.29, 0.717) is 11.3 Å². The predicted molar refractivity (Wildman–Crippen MR) is 108 cm³/mol. The van der Waals surface area contributed by atoms with Crippen LogP contribution in [0.5, 0.6) is 5.75 Å². The molecule has 0 aliphatic carbocycles. The van der Waals surface area contributed by atoms with Crippen LogP contribution in [0.1, 0.15) is 34.6 Å². The molecule has 5 nitrogen and oxygen atoms in total. The van der Waals surface area contributed by atoms with Gasteiger partial charge in [0.25, 0.3) is 11.8 Å². The number of phenols is 1. The van der Waals surface area contributed by atoms with E-state index in [1.54, 1.807) is 12.1 Å². The Morgan fingerprint density at radius 3 is 2.26 bits per heavy atom. The topological polar surface area (TPSA) is 78.4 Å². The predicted octanol–water partition coefficient (Wildman–Crippen LogP) is 4.59. The summed E-state index contributed by atoms with van der Waals surface area (Å²) in [6, 6.07) is 15.3. The number of fused-ring (bicyclic) bond motifs is 1. The highest BCUT2D eigenvalue weighted by atomic mass is 35.5. The average Bonchev–Trinajstić information content (AvgIpc) is 2.62. The number of carbonyl (C=O) groups is 2. The van der Waals surface area contributed by atoms with Gasteiger partial charge in [0.1, 0.15) is 5.75 Å². The van der Waals surface area contributed by atoms with Gasteiger partial charge in [-0.2, -0.15) is 0 Å². The molecule has 138 valence electrons. The number of anilines is 1. The quantitative estimate of drug-likeness (QED) is 0.617. The van der Waals surface area contributed by atoms with Gasteiger partial charge in [0.2, 0.25) is 0 Å². The second-order valence-electron chi connectivity index (χ2n) is 6.49. The second kappa shape index (κ2) is 7.68. The molecule has 0 saturated carbocycles. The molecule has 27 heavy (non-hydrogen) atoms. The van der Waals surface area contributed by atoms with Gasteiger partial charge in [0.05, 0.1) is 16.3 Å². The summed E-state index contributed by atoms with van der Waals surface area (Å²) >= 11 is 5.88. The fourth-order valence-corrected chi connectivity index (χ4v) is 2.89. The summed E-state index contributed by atoms with van der Waals surface area (Å²) in [6.07, 6.45) is 0. The third-order valence-electron chi connectivity index (χ3n) is 4.01. The molecule has 3 N–H and O–H groups in total. The highest BCUT2D eigenvalue weighted by Gasteiger charge is 2.17. The molecule has 0 spiro atoms. The van der Waals surface area contributed by atoms with Crippen LogP contribution in [0.4, 0.5) is 5.69 Å². The Morgan fingerprint density at radius 1 is 0.963 bits per heavy atom. The summed E-state index contributed by atoms with van der Waals surface area (Å²) in [6.45, 7) is 3.74. The number of hydrogen-bond acceptors (Lipinski definition) is 3. The number of halogens is 1. The molecule has 0 radical (unpaired) electrons. The maximum Gasteiger partial charge on any atom is 0.255 e. The molecule has 0 aromatic heterocycles. The minimum absolute atomic E-state index is 0.0385. The monoisotopic (exact) mass is 382 g/mol. The molecule has 6 heteroatoms. The number of hydrogen-bond donors (Lipinski definition) is 3. The fraction of sp³-hybridized carbons (Fsp3) is 0.143. The van der Waals surface area contributed by atoms with Crippen LogP contribution in [0.3, 0.4) is 0 Å². The zero-order valence-electron chi connectivity index (χ0n) is 14.9. The van der Waals surface area contributed by atoms with Crippen molar-refractivity contribution >= 4 is 39.9 Å². The lowest BCUT2D eigenvalue weighted by molar-refractivity contribution is 0.0944. The molecular formula is C21H19ClN2O3. The van der Waals surface area contributed by atoms with E-state index < -0.39 is 5.91 Å². The first kappa shape index (κ1) is 18.7. The SMILES string of the molecule is CC(C)NC(=O)c1cc2ccccc2cc1NC(=O)c1ccc(O)c(Cl)c1. The average molecular weight is 383 g/mol. The zero-order chi connectivity index (χ0) is 19.6. The van der Waals surface area contributed by atoms with E-state index in [-0.39, 0.29) is 28.3 Å². The number of benzene rings is 3. The Kier molecular flexibility index (Phi) is 5.33. The molecule has 2 amide bonds. The summed E-state index contributed by atoms with van der Waals surface area (Å²) in [4.78, 5) is 25.2.